The van der Waals surface area contributed by atoms with Crippen molar-refractivity contribution in [3.05, 3.63) is 114 Å². The molecule has 0 saturated heterocycles. The zero-order valence-corrected chi connectivity index (χ0v) is 24.7. The van der Waals surface area contributed by atoms with Crippen LogP contribution in [-0.4, -0.2) is 42.8 Å². The summed E-state index contributed by atoms with van der Waals surface area (Å²) >= 11 is 24.8. The minimum Gasteiger partial charge on any atom is -0.330 e. The Hall–Kier alpha value is -3.53. The molecule has 7 nitrogen and oxygen atoms in total. The van der Waals surface area contributed by atoms with Gasteiger partial charge in [-0.3, -0.25) is 19.5 Å². The quantitative estimate of drug-likeness (QED) is 0.0981. The van der Waals surface area contributed by atoms with Gasteiger partial charge in [0, 0.05) is 17.7 Å². The Morgan fingerprint density at radius 3 is 2.29 bits per heavy atom. The maximum absolute atomic E-state index is 13.9. The van der Waals surface area contributed by atoms with Gasteiger partial charge in [-0.15, -0.1) is 0 Å². The number of nitrogens with two attached hydrogens (primary N) is 1. The lowest BCUT2D eigenvalue weighted by atomic mass is 10.1. The summed E-state index contributed by atoms with van der Waals surface area (Å²) in [5.74, 6) is -1.28. The number of para-hydroxylation sites is 1. The van der Waals surface area contributed by atoms with E-state index in [2.05, 4.69) is 15.6 Å². The summed E-state index contributed by atoms with van der Waals surface area (Å²) in [6.45, 7) is 0. The van der Waals surface area contributed by atoms with Crippen molar-refractivity contribution in [3.63, 3.8) is 0 Å². The predicted molar refractivity (Wildman–Crippen MR) is 171 cm³/mol. The third-order valence-corrected chi connectivity index (χ3v) is 6.94. The van der Waals surface area contributed by atoms with Crippen molar-refractivity contribution in [3.8, 4) is 0 Å². The van der Waals surface area contributed by atoms with Crippen LogP contribution in [0.4, 0.5) is 5.69 Å². The van der Waals surface area contributed by atoms with Crippen molar-refractivity contribution in [2.75, 3.05) is 5.32 Å². The molecule has 2 amide bonds. The Balaban J connectivity index is 1.67. The number of fused-ring (bicyclic) bond motifs is 1. The fourth-order valence-corrected chi connectivity index (χ4v) is 4.83. The van der Waals surface area contributed by atoms with Crippen LogP contribution >= 0.6 is 47.0 Å². The zero-order chi connectivity index (χ0) is 29.4. The molecule has 210 valence electrons. The number of rotatable bonds is 8. The molecule has 41 heavy (non-hydrogen) atoms. The lowest BCUT2D eigenvalue weighted by molar-refractivity contribution is -0.131. The van der Waals surface area contributed by atoms with Gasteiger partial charge in [-0.25, -0.2) is 0 Å². The predicted octanol–water partition coefficient (Wildman–Crippen LogP) is 5.86. The number of carbonyl (C=O) groups excluding carboxylic acids is 2. The zero-order valence-electron chi connectivity index (χ0n) is 21.6. The molecule has 0 aliphatic heterocycles. The molecule has 4 aromatic rings. The van der Waals surface area contributed by atoms with Gasteiger partial charge >= 0.3 is 0 Å². The molecule has 0 aliphatic carbocycles. The second-order valence-electron chi connectivity index (χ2n) is 9.01. The number of alkyl halides is 3. The molecule has 0 bridgehead atoms. The highest BCUT2D eigenvalue weighted by Gasteiger charge is 2.44. The first-order chi connectivity index (χ1) is 19.6. The molecule has 2 atom stereocenters. The number of aromatic nitrogens is 1. The van der Waals surface area contributed by atoms with Gasteiger partial charge in [-0.1, -0.05) is 114 Å². The van der Waals surface area contributed by atoms with Crippen LogP contribution in [0.5, 0.6) is 0 Å². The van der Waals surface area contributed by atoms with Crippen molar-refractivity contribution in [1.29, 1.82) is 0 Å². The van der Waals surface area contributed by atoms with Crippen LogP contribution in [0.2, 0.25) is 0 Å². The van der Waals surface area contributed by atoms with Gasteiger partial charge in [-0.05, 0) is 48.0 Å². The number of benzene rings is 3. The molecular formula is C30H26Cl3N5O2S. The number of anilines is 1. The number of carbonyl (C=O) groups is 2. The summed E-state index contributed by atoms with van der Waals surface area (Å²) < 4.78 is -2.19. The minimum atomic E-state index is -2.19. The van der Waals surface area contributed by atoms with Crippen LogP contribution < -0.4 is 16.4 Å². The molecule has 0 aliphatic rings. The normalized spacial score (nSPS) is 13.0. The Morgan fingerprint density at radius 1 is 0.951 bits per heavy atom. The fourth-order valence-electron chi connectivity index (χ4n) is 4.07. The van der Waals surface area contributed by atoms with Crippen molar-refractivity contribution in [2.24, 2.45) is 5.73 Å². The van der Waals surface area contributed by atoms with Crippen LogP contribution in [0.1, 0.15) is 11.1 Å². The highest BCUT2D eigenvalue weighted by atomic mass is 35.6. The SMILES string of the molecule is N[C@@H](Cc1ccccc1)C(=O)N(C(=S)Nc1cccc2cccnc12)C(NC(=O)/C=C/c1ccccc1)C(Cl)(Cl)Cl. The lowest BCUT2D eigenvalue weighted by Gasteiger charge is -2.37. The summed E-state index contributed by atoms with van der Waals surface area (Å²) in [7, 11) is 0. The van der Waals surface area contributed by atoms with E-state index in [0.717, 1.165) is 21.4 Å². The van der Waals surface area contributed by atoms with Crippen LogP contribution in [0.25, 0.3) is 17.0 Å². The monoisotopic (exact) mass is 625 g/mol. The molecule has 1 aromatic heterocycles. The number of pyridine rings is 1. The molecule has 0 radical (unpaired) electrons. The van der Waals surface area contributed by atoms with Crippen molar-refractivity contribution in [1.82, 2.24) is 15.2 Å². The molecule has 0 spiro atoms. The van der Waals surface area contributed by atoms with Crippen LogP contribution in [-0.2, 0) is 16.0 Å². The molecule has 0 saturated carbocycles. The summed E-state index contributed by atoms with van der Waals surface area (Å²) in [4.78, 5) is 32.3. The molecule has 4 N–H and O–H groups in total. The number of hydrogen-bond donors (Lipinski definition) is 3. The number of amides is 2. The molecule has 0 fully saturated rings. The summed E-state index contributed by atoms with van der Waals surface area (Å²) in [5, 5.41) is 6.36. The van der Waals surface area contributed by atoms with Crippen molar-refractivity contribution >= 4 is 86.6 Å². The molecular weight excluding hydrogens is 601 g/mol. The largest absolute Gasteiger partial charge is 0.330 e. The third kappa shape index (κ3) is 8.25. The first kappa shape index (κ1) is 30.4. The number of halogens is 3. The van der Waals surface area contributed by atoms with Gasteiger partial charge in [0.15, 0.2) is 11.3 Å². The first-order valence-corrected chi connectivity index (χ1v) is 14.1. The van der Waals surface area contributed by atoms with E-state index in [4.69, 9.17) is 52.8 Å². The van der Waals surface area contributed by atoms with Crippen LogP contribution in [0.15, 0.2) is 103 Å². The van der Waals surface area contributed by atoms with Gasteiger partial charge in [0.1, 0.15) is 0 Å². The van der Waals surface area contributed by atoms with E-state index in [1.54, 1.807) is 24.4 Å². The standard InChI is InChI=1S/C30H26Cl3N5O2S/c31-30(32,33)28(37-25(39)17-16-20-9-3-1-4-10-20)38(27(40)23(34)19-21-11-5-2-6-12-21)29(41)36-24-15-7-13-22-14-8-18-35-26(22)24/h1-18,23,28H,19,34H2,(H,36,41)(H,37,39)/b17-16+/t23-,28?/m0/s1. The Kier molecular flexibility index (Phi) is 10.3. The van der Waals surface area contributed by atoms with E-state index in [0.29, 0.717) is 11.2 Å². The summed E-state index contributed by atoms with van der Waals surface area (Å²) in [6.07, 6.45) is 3.17. The van der Waals surface area contributed by atoms with Gasteiger partial charge in [-0.2, -0.15) is 0 Å². The van der Waals surface area contributed by atoms with Gasteiger partial charge in [0.2, 0.25) is 15.6 Å². The Morgan fingerprint density at radius 2 is 1.61 bits per heavy atom. The van der Waals surface area contributed by atoms with Crippen LogP contribution in [0, 0.1) is 0 Å². The molecule has 3 aromatic carbocycles. The van der Waals surface area contributed by atoms with Gasteiger partial charge in [0.25, 0.3) is 0 Å². The number of hydrogen-bond acceptors (Lipinski definition) is 5. The summed E-state index contributed by atoms with van der Waals surface area (Å²) in [6, 6.07) is 26.5. The first-order valence-electron chi connectivity index (χ1n) is 12.5. The number of nitrogens with one attached hydrogen (secondary N) is 2. The Labute approximate surface area is 258 Å². The van der Waals surface area contributed by atoms with E-state index >= 15 is 0 Å². The molecule has 1 unspecified atom stereocenters. The highest BCUT2D eigenvalue weighted by molar-refractivity contribution is 7.80. The van der Waals surface area contributed by atoms with Crippen molar-refractivity contribution < 1.29 is 9.59 Å². The third-order valence-electron chi connectivity index (χ3n) is 6.02. The van der Waals surface area contributed by atoms with E-state index in [-0.39, 0.29) is 11.5 Å². The molecule has 4 rings (SSSR count). The molecule has 1 heterocycles. The maximum atomic E-state index is 13.9. The molecule has 11 heteroatoms. The second kappa shape index (κ2) is 13.9. The van der Waals surface area contributed by atoms with E-state index in [9.17, 15) is 9.59 Å². The lowest BCUT2D eigenvalue weighted by Crippen LogP contribution is -2.63. The fraction of sp³-hybridized carbons (Fsp3) is 0.133. The van der Waals surface area contributed by atoms with Crippen LogP contribution in [0.3, 0.4) is 0 Å². The van der Waals surface area contributed by atoms with Crippen molar-refractivity contribution in [2.45, 2.75) is 22.4 Å². The van der Waals surface area contributed by atoms with Gasteiger partial charge in [0.05, 0.1) is 17.2 Å². The minimum absolute atomic E-state index is 0.139. The highest BCUT2D eigenvalue weighted by Crippen LogP contribution is 2.33. The van der Waals surface area contributed by atoms with E-state index < -0.39 is 27.8 Å². The average Bonchev–Trinajstić information content (AvgIpc) is 2.96. The van der Waals surface area contributed by atoms with E-state index in [1.807, 2.05) is 78.9 Å². The smallest absolute Gasteiger partial charge is 0.247 e. The topological polar surface area (TPSA) is 100 Å². The second-order valence-corrected chi connectivity index (χ2v) is 11.8. The Bertz CT molecular complexity index is 1540. The summed E-state index contributed by atoms with van der Waals surface area (Å²) in [5.41, 5.74) is 9.10. The number of nitrogens with zero attached hydrogens (tertiary/aromatic N) is 2. The van der Waals surface area contributed by atoms with E-state index in [1.165, 1.54) is 6.08 Å². The average molecular weight is 627 g/mol. The maximum Gasteiger partial charge on any atom is 0.247 e. The number of thiocarbonyl (C=S) groups is 1. The van der Waals surface area contributed by atoms with Gasteiger partial charge < -0.3 is 16.4 Å².